The van der Waals surface area contributed by atoms with Crippen LogP contribution in [0.5, 0.6) is 0 Å². The third-order valence-corrected chi connectivity index (χ3v) is 3.35. The van der Waals surface area contributed by atoms with Gasteiger partial charge in [-0.3, -0.25) is 0 Å². The van der Waals surface area contributed by atoms with Gasteiger partial charge < -0.3 is 20.3 Å². The maximum Gasteiger partial charge on any atom is 0.274 e. The van der Waals surface area contributed by atoms with Crippen molar-refractivity contribution in [3.05, 3.63) is 29.3 Å². The molecule has 6 N–H and O–H groups in total. The summed E-state index contributed by atoms with van der Waals surface area (Å²) in [5.41, 5.74) is 1.08. The van der Waals surface area contributed by atoms with Gasteiger partial charge >= 0.3 is 0 Å². The van der Waals surface area contributed by atoms with E-state index >= 15 is 0 Å². The van der Waals surface area contributed by atoms with Crippen molar-refractivity contribution >= 4 is 21.9 Å². The van der Waals surface area contributed by atoms with Gasteiger partial charge in [-0.15, -0.1) is 0 Å². The quantitative estimate of drug-likeness (QED) is 0.131. The van der Waals surface area contributed by atoms with E-state index in [1.807, 2.05) is 13.0 Å². The second kappa shape index (κ2) is 7.76. The van der Waals surface area contributed by atoms with Gasteiger partial charge in [0.25, 0.3) is 10.2 Å². The number of rotatable bonds is 8. The Hall–Kier alpha value is -2.64. The molecule has 0 amide bonds. The van der Waals surface area contributed by atoms with Gasteiger partial charge in [0.1, 0.15) is 5.76 Å². The van der Waals surface area contributed by atoms with Crippen LogP contribution in [0.2, 0.25) is 0 Å². The minimum Gasteiger partial charge on any atom is -0.467 e. The first kappa shape index (κ1) is 17.7. The third kappa shape index (κ3) is 5.22. The molecule has 0 aromatic carbocycles. The summed E-state index contributed by atoms with van der Waals surface area (Å²) in [5.74, 6) is 0.811. The highest BCUT2D eigenvalue weighted by Gasteiger charge is 2.17. The second-order valence-corrected chi connectivity index (χ2v) is 6.10. The van der Waals surface area contributed by atoms with Gasteiger partial charge in [-0.2, -0.15) is 8.42 Å². The number of aromatic nitrogens is 2. The molecule has 0 fully saturated rings. The third-order valence-electron chi connectivity index (χ3n) is 2.75. The summed E-state index contributed by atoms with van der Waals surface area (Å²) in [6.45, 7) is 2.32. The van der Waals surface area contributed by atoms with Gasteiger partial charge in [-0.25, -0.2) is 14.5 Å². The summed E-state index contributed by atoms with van der Waals surface area (Å²) in [6, 6.07) is 1.82. The van der Waals surface area contributed by atoms with Crippen molar-refractivity contribution in [1.82, 2.24) is 20.4 Å². The lowest BCUT2D eigenvalue weighted by Crippen LogP contribution is -2.34. The Balaban J connectivity index is 1.93. The maximum absolute atomic E-state index is 10.8. The summed E-state index contributed by atoms with van der Waals surface area (Å²) in [6.07, 6.45) is 1.59. The normalized spacial score (nSPS) is 12.3. The Morgan fingerprint density at radius 1 is 1.42 bits per heavy atom. The number of amidine groups is 1. The molecule has 0 atom stereocenters. The molecule has 0 spiro atoms. The average Bonchev–Trinajstić information content (AvgIpc) is 3.13. The molecule has 0 saturated carbocycles. The van der Waals surface area contributed by atoms with Crippen molar-refractivity contribution < 1.29 is 22.7 Å². The molecule has 0 aliphatic heterocycles. The van der Waals surface area contributed by atoms with Gasteiger partial charge in [-0.05, 0) is 28.9 Å². The van der Waals surface area contributed by atoms with E-state index in [-0.39, 0.29) is 37.0 Å². The molecule has 0 bridgehead atoms. The maximum atomic E-state index is 10.8. The number of aryl methyl sites for hydroxylation is 1. The highest BCUT2D eigenvalue weighted by molar-refractivity contribution is 7.87. The fourth-order valence-corrected chi connectivity index (χ4v) is 2.14. The minimum absolute atomic E-state index is 0.00667. The molecule has 13 heteroatoms. The van der Waals surface area contributed by atoms with E-state index in [1.54, 1.807) is 6.26 Å². The Morgan fingerprint density at radius 3 is 2.83 bits per heavy atom. The molecule has 2 aromatic rings. The first-order valence-electron chi connectivity index (χ1n) is 6.73. The molecule has 0 aliphatic rings. The lowest BCUT2D eigenvalue weighted by molar-refractivity contribution is 0.303. The molecule has 0 aliphatic carbocycles. The lowest BCUT2D eigenvalue weighted by Gasteiger charge is -2.06. The van der Waals surface area contributed by atoms with Crippen molar-refractivity contribution in [2.24, 2.45) is 10.3 Å². The summed E-state index contributed by atoms with van der Waals surface area (Å²) in [5, 5.41) is 29.9. The summed E-state index contributed by atoms with van der Waals surface area (Å²) in [4.78, 5) is 0. The Labute approximate surface area is 137 Å². The molecule has 2 rings (SSSR count). The highest BCUT2D eigenvalue weighted by Crippen LogP contribution is 2.11. The zero-order valence-corrected chi connectivity index (χ0v) is 13.5. The Kier molecular flexibility index (Phi) is 5.73. The zero-order valence-electron chi connectivity index (χ0n) is 12.7. The monoisotopic (exact) mass is 359 g/mol. The SMILES string of the molecule is Cc1coc(CNC(=NO)c2nonc2NCCNS(N)(=O)=O)c1. The van der Waals surface area contributed by atoms with Crippen LogP contribution >= 0.6 is 0 Å². The van der Waals surface area contributed by atoms with Crippen LogP contribution < -0.4 is 20.5 Å². The van der Waals surface area contributed by atoms with E-state index in [2.05, 4.69) is 35.5 Å². The minimum atomic E-state index is -3.77. The van der Waals surface area contributed by atoms with Crippen molar-refractivity contribution in [1.29, 1.82) is 0 Å². The van der Waals surface area contributed by atoms with Gasteiger partial charge in [0.2, 0.25) is 5.82 Å². The smallest absolute Gasteiger partial charge is 0.274 e. The molecule has 0 unspecified atom stereocenters. The van der Waals surface area contributed by atoms with Crippen molar-refractivity contribution in [2.45, 2.75) is 13.5 Å². The van der Waals surface area contributed by atoms with Crippen LogP contribution in [-0.2, 0) is 16.8 Å². The van der Waals surface area contributed by atoms with Crippen LogP contribution in [0.15, 0.2) is 26.5 Å². The topological polar surface area (TPSA) is 181 Å². The van der Waals surface area contributed by atoms with Crippen molar-refractivity contribution in [3.8, 4) is 0 Å². The number of hydrogen-bond acceptors (Lipinski definition) is 9. The predicted octanol–water partition coefficient (Wildman–Crippen LogP) is -0.898. The van der Waals surface area contributed by atoms with Gasteiger partial charge in [0, 0.05) is 13.1 Å². The van der Waals surface area contributed by atoms with Crippen LogP contribution in [-0.4, -0.2) is 42.9 Å². The largest absolute Gasteiger partial charge is 0.467 e. The fourth-order valence-electron chi connectivity index (χ4n) is 1.75. The molecule has 132 valence electrons. The second-order valence-electron chi connectivity index (χ2n) is 4.72. The lowest BCUT2D eigenvalue weighted by atomic mass is 10.3. The number of nitrogens with two attached hydrogens (primary N) is 1. The summed E-state index contributed by atoms with van der Waals surface area (Å²) >= 11 is 0. The molecule has 0 saturated heterocycles. The van der Waals surface area contributed by atoms with E-state index in [0.29, 0.717) is 5.76 Å². The number of oxime groups is 1. The van der Waals surface area contributed by atoms with Crippen molar-refractivity contribution in [3.63, 3.8) is 0 Å². The van der Waals surface area contributed by atoms with Gasteiger partial charge in [0.05, 0.1) is 12.8 Å². The van der Waals surface area contributed by atoms with Gasteiger partial charge in [0.15, 0.2) is 11.5 Å². The number of hydrogen-bond donors (Lipinski definition) is 5. The van der Waals surface area contributed by atoms with Crippen LogP contribution in [0.25, 0.3) is 0 Å². The van der Waals surface area contributed by atoms with Gasteiger partial charge in [-0.1, -0.05) is 5.16 Å². The molecule has 0 radical (unpaired) electrons. The highest BCUT2D eigenvalue weighted by atomic mass is 32.2. The van der Waals surface area contributed by atoms with Crippen LogP contribution in [0.3, 0.4) is 0 Å². The summed E-state index contributed by atoms with van der Waals surface area (Å²) < 4.78 is 33.5. The van der Waals surface area contributed by atoms with E-state index < -0.39 is 10.2 Å². The van der Waals surface area contributed by atoms with Crippen LogP contribution in [0, 0.1) is 6.92 Å². The first-order chi connectivity index (χ1) is 11.4. The zero-order chi connectivity index (χ0) is 17.6. The van der Waals surface area contributed by atoms with E-state index in [4.69, 9.17) is 14.8 Å². The van der Waals surface area contributed by atoms with Crippen LogP contribution in [0.1, 0.15) is 17.0 Å². The molecule has 2 aromatic heterocycles. The van der Waals surface area contributed by atoms with Crippen LogP contribution in [0.4, 0.5) is 5.82 Å². The summed E-state index contributed by atoms with van der Waals surface area (Å²) in [7, 11) is -3.77. The Morgan fingerprint density at radius 2 is 2.21 bits per heavy atom. The van der Waals surface area contributed by atoms with Crippen molar-refractivity contribution in [2.75, 3.05) is 18.4 Å². The number of nitrogens with zero attached hydrogens (tertiary/aromatic N) is 3. The molecular weight excluding hydrogens is 342 g/mol. The predicted molar refractivity (Wildman–Crippen MR) is 82.5 cm³/mol. The number of nitrogens with one attached hydrogen (secondary N) is 3. The molecule has 24 heavy (non-hydrogen) atoms. The fraction of sp³-hybridized carbons (Fsp3) is 0.364. The van der Waals surface area contributed by atoms with E-state index in [0.717, 1.165) is 5.56 Å². The Bertz CT molecular complexity index is 797. The standard InChI is InChI=1S/C11H17N7O5S/c1-7-4-8(22-6-7)5-14-10(16-19)9-11(18-23-17-9)13-2-3-15-24(12,20)21/h4,6,15,19H,2-3,5H2,1H3,(H,13,18)(H,14,16)(H2,12,20,21). The molecule has 2 heterocycles. The molecule has 12 nitrogen and oxygen atoms in total. The number of anilines is 1. The van der Waals surface area contributed by atoms with E-state index in [9.17, 15) is 8.42 Å². The first-order valence-corrected chi connectivity index (χ1v) is 8.28. The average molecular weight is 359 g/mol. The number of furan rings is 1. The van der Waals surface area contributed by atoms with E-state index in [1.165, 1.54) is 0 Å². The molecular formula is C11H17N7O5S.